The van der Waals surface area contributed by atoms with Gasteiger partial charge in [-0.2, -0.15) is 0 Å². The molecular weight excluding hydrogens is 713 g/mol. The van der Waals surface area contributed by atoms with Crippen LogP contribution in [0.5, 0.6) is 0 Å². The number of carbonyl (C=O) groups excluding carboxylic acids is 1. The van der Waals surface area contributed by atoms with Gasteiger partial charge in [0.1, 0.15) is 6.61 Å². The fourth-order valence-corrected chi connectivity index (χ4v) is 11.3. The van der Waals surface area contributed by atoms with E-state index >= 15 is 0 Å². The third-order valence-corrected chi connectivity index (χ3v) is 15.3. The third kappa shape index (κ3) is 13.3. The maximum atomic E-state index is 12.9. The minimum Gasteiger partial charge on any atom is -0.379 e. The molecule has 4 aliphatic carbocycles. The van der Waals surface area contributed by atoms with Crippen LogP contribution in [0.3, 0.4) is 0 Å². The number of aliphatic hydroxyl groups is 1. The van der Waals surface area contributed by atoms with Crippen molar-refractivity contribution in [3.8, 4) is 0 Å². The number of amides is 1. The summed E-state index contributed by atoms with van der Waals surface area (Å²) in [5, 5.41) is 12.8. The summed E-state index contributed by atoms with van der Waals surface area (Å²) in [6, 6.07) is 0. The van der Waals surface area contributed by atoms with E-state index in [0.717, 1.165) is 48.3 Å². The van der Waals surface area contributed by atoms with Crippen LogP contribution in [0.25, 0.3) is 0 Å². The molecule has 5 unspecified atom stereocenters. The van der Waals surface area contributed by atoms with Gasteiger partial charge in [-0.3, -0.25) is 9.32 Å². The molecule has 0 aromatic heterocycles. The summed E-state index contributed by atoms with van der Waals surface area (Å²) in [5.74, 6) is 5.76. The highest BCUT2D eigenvalue weighted by Gasteiger charge is 2.59. The Morgan fingerprint density at radius 1 is 0.943 bits per heavy atom. The third-order valence-electron chi connectivity index (χ3n) is 13.6. The Hall–Kier alpha value is -0.490. The zero-order valence-electron chi connectivity index (χ0n) is 33.9. The maximum absolute atomic E-state index is 12.9. The number of nitrogens with one attached hydrogen (secondary N) is 1. The average Bonchev–Trinajstić information content (AvgIpc) is 3.48. The van der Waals surface area contributed by atoms with Gasteiger partial charge in [-0.25, -0.2) is 4.57 Å². The van der Waals surface area contributed by atoms with Crippen LogP contribution < -0.4 is 5.32 Å². The van der Waals surface area contributed by atoms with Crippen LogP contribution >= 0.6 is 19.0 Å². The maximum Gasteiger partial charge on any atom is 0.386 e. The highest BCUT2D eigenvalue weighted by molar-refractivity contribution is 8.44. The zero-order valence-corrected chi connectivity index (χ0v) is 35.6. The van der Waals surface area contributed by atoms with Crippen LogP contribution in [0, 0.1) is 52.3 Å². The summed E-state index contributed by atoms with van der Waals surface area (Å²) in [7, 11) is 1.21. The van der Waals surface area contributed by atoms with Crippen LogP contribution in [0.2, 0.25) is 0 Å². The number of carbonyl (C=O) groups is 1. The first-order valence-electron chi connectivity index (χ1n) is 20.8. The van der Waals surface area contributed by atoms with Gasteiger partial charge in [0.15, 0.2) is 6.29 Å². The van der Waals surface area contributed by atoms with Gasteiger partial charge in [-0.1, -0.05) is 77.8 Å². The Morgan fingerprint density at radius 2 is 1.64 bits per heavy atom. The number of hydrogen-bond donors (Lipinski definition) is 3. The first-order valence-corrected chi connectivity index (χ1v) is 23.5. The molecule has 0 radical (unpaired) electrons. The Labute approximate surface area is 326 Å². The van der Waals surface area contributed by atoms with Crippen LogP contribution in [0.1, 0.15) is 118 Å². The van der Waals surface area contributed by atoms with Crippen molar-refractivity contribution in [3.05, 3.63) is 11.6 Å². The number of aliphatic hydroxyl groups excluding tert-OH is 1. The molecule has 308 valence electrons. The smallest absolute Gasteiger partial charge is 0.379 e. The van der Waals surface area contributed by atoms with Crippen molar-refractivity contribution in [3.63, 3.8) is 0 Å². The van der Waals surface area contributed by atoms with Gasteiger partial charge >= 0.3 is 6.80 Å². The minimum absolute atomic E-state index is 0.145. The second-order valence-corrected chi connectivity index (χ2v) is 20.4. The quantitative estimate of drug-likeness (QED) is 0.0275. The van der Waals surface area contributed by atoms with Crippen molar-refractivity contribution < 1.29 is 42.5 Å². The molecule has 4 aliphatic rings. The molecule has 10 nitrogen and oxygen atoms in total. The SMILES string of the molecule is COP(=O)(S)OCC(O)OCCOCCOCCOCCCNC(=O)C[C@H]1CC[C@@]2(C)C(=CCC3C2CC[C@@]2(C)C3CC[C@@H]2[C@H](C)CCCC(C)C)C1. The predicted molar refractivity (Wildman–Crippen MR) is 213 cm³/mol. The van der Waals surface area contributed by atoms with Crippen molar-refractivity contribution >= 4 is 25.0 Å². The number of rotatable bonds is 25. The molecule has 3 fully saturated rings. The van der Waals surface area contributed by atoms with Crippen molar-refractivity contribution in [2.45, 2.75) is 124 Å². The molecule has 10 atom stereocenters. The van der Waals surface area contributed by atoms with Gasteiger partial charge in [-0.15, -0.1) is 0 Å². The van der Waals surface area contributed by atoms with Crippen LogP contribution in [0.4, 0.5) is 0 Å². The molecule has 0 aliphatic heterocycles. The lowest BCUT2D eigenvalue weighted by atomic mass is 9.46. The van der Waals surface area contributed by atoms with E-state index in [2.05, 4.69) is 62.8 Å². The van der Waals surface area contributed by atoms with Gasteiger partial charge in [0.25, 0.3) is 0 Å². The molecule has 0 aromatic carbocycles. The lowest BCUT2D eigenvalue weighted by molar-refractivity contribution is -0.131. The Balaban J connectivity index is 1.03. The van der Waals surface area contributed by atoms with E-state index in [4.69, 9.17) is 23.5 Å². The van der Waals surface area contributed by atoms with Crippen molar-refractivity contribution in [2.24, 2.45) is 52.3 Å². The monoisotopic (exact) mass is 787 g/mol. The van der Waals surface area contributed by atoms with Crippen LogP contribution in [-0.2, 0) is 37.4 Å². The topological polar surface area (TPSA) is 122 Å². The largest absolute Gasteiger partial charge is 0.386 e. The summed E-state index contributed by atoms with van der Waals surface area (Å²) >= 11 is 3.70. The van der Waals surface area contributed by atoms with E-state index in [9.17, 15) is 14.5 Å². The lowest BCUT2D eigenvalue weighted by Crippen LogP contribution is -2.50. The van der Waals surface area contributed by atoms with Crippen LogP contribution in [0.15, 0.2) is 11.6 Å². The summed E-state index contributed by atoms with van der Waals surface area (Å²) < 4.78 is 42.5. The fourth-order valence-electron chi connectivity index (χ4n) is 10.7. The molecule has 0 bridgehead atoms. The van der Waals surface area contributed by atoms with Crippen molar-refractivity contribution in [1.82, 2.24) is 5.32 Å². The molecule has 12 heteroatoms. The number of hydrogen-bond acceptors (Lipinski definition) is 9. The first-order chi connectivity index (χ1) is 25.3. The zero-order chi connectivity index (χ0) is 38.5. The molecule has 0 spiro atoms. The summed E-state index contributed by atoms with van der Waals surface area (Å²) in [5.41, 5.74) is 2.53. The standard InChI is InChI=1S/C41H74NO9PS/c1-30(2)9-7-10-31(3)35-13-14-36-34-12-11-33-27-32(15-17-40(33,4)37(34)16-18-41(35,36)5)28-38(43)42-19-8-20-47-21-22-48-23-24-49-25-26-50-39(44)29-51-52(45,53)46-6/h11,30-32,34-37,39,44H,7-10,12-29H2,1-6H3,(H,42,43)(H,45,53)/t31-,32+,34?,35-,36?,37?,39?,40+,41-,52?/m1/s1. The average molecular weight is 788 g/mol. The van der Waals surface area contributed by atoms with E-state index in [1.807, 2.05) is 0 Å². The van der Waals surface area contributed by atoms with Gasteiger partial charge in [0, 0.05) is 26.7 Å². The fraction of sp³-hybridized carbons (Fsp3) is 0.927. The summed E-state index contributed by atoms with van der Waals surface area (Å²) in [6.45, 7) is 12.2. The number of fused-ring (bicyclic) bond motifs is 5. The molecule has 0 heterocycles. The molecule has 4 rings (SSSR count). The summed E-state index contributed by atoms with van der Waals surface area (Å²) in [4.78, 5) is 12.9. The van der Waals surface area contributed by atoms with E-state index in [0.29, 0.717) is 62.7 Å². The first kappa shape index (κ1) is 45.2. The normalized spacial score (nSPS) is 31.9. The van der Waals surface area contributed by atoms with Gasteiger partial charge in [0.05, 0.1) is 39.6 Å². The highest BCUT2D eigenvalue weighted by atomic mass is 32.7. The molecule has 53 heavy (non-hydrogen) atoms. The summed E-state index contributed by atoms with van der Waals surface area (Å²) in [6.07, 6.45) is 17.5. The predicted octanol–water partition coefficient (Wildman–Crippen LogP) is 8.63. The Kier molecular flexibility index (Phi) is 18.7. The van der Waals surface area contributed by atoms with Gasteiger partial charge in [-0.05, 0) is 110 Å². The van der Waals surface area contributed by atoms with E-state index in [1.54, 1.807) is 5.57 Å². The molecule has 3 saturated carbocycles. The number of ether oxygens (including phenoxy) is 4. The second kappa shape index (κ2) is 21.9. The lowest BCUT2D eigenvalue weighted by Gasteiger charge is -2.58. The molecule has 0 aromatic rings. The van der Waals surface area contributed by atoms with E-state index in [-0.39, 0.29) is 25.7 Å². The van der Waals surface area contributed by atoms with E-state index < -0.39 is 13.1 Å². The minimum atomic E-state index is -3.45. The van der Waals surface area contributed by atoms with Crippen molar-refractivity contribution in [2.75, 3.05) is 66.5 Å². The molecular formula is C41H74NO9PS. The van der Waals surface area contributed by atoms with Crippen molar-refractivity contribution in [1.29, 1.82) is 0 Å². The number of thiol groups is 1. The van der Waals surface area contributed by atoms with Gasteiger partial charge < -0.3 is 33.9 Å². The van der Waals surface area contributed by atoms with Gasteiger partial charge in [0.2, 0.25) is 5.91 Å². The molecule has 1 amide bonds. The Morgan fingerprint density at radius 3 is 2.34 bits per heavy atom. The molecule has 0 saturated heterocycles. The van der Waals surface area contributed by atoms with E-state index in [1.165, 1.54) is 71.3 Å². The Bertz CT molecular complexity index is 1190. The van der Waals surface area contributed by atoms with Crippen LogP contribution in [-0.4, -0.2) is 83.8 Å². The second-order valence-electron chi connectivity index (χ2n) is 17.4. The number of allylic oxidation sites excluding steroid dienone is 2. The molecule has 2 N–H and O–H groups in total. The highest BCUT2D eigenvalue weighted by Crippen LogP contribution is 2.67.